The normalized spacial score (nSPS) is 11.8. The summed E-state index contributed by atoms with van der Waals surface area (Å²) in [6.45, 7) is 0. The zero-order valence-electron chi connectivity index (χ0n) is 69.1. The van der Waals surface area contributed by atoms with E-state index < -0.39 is 0 Å². The summed E-state index contributed by atoms with van der Waals surface area (Å²) in [6, 6.07) is 168. The summed E-state index contributed by atoms with van der Waals surface area (Å²) in [4.78, 5) is 0. The van der Waals surface area contributed by atoms with Crippen molar-refractivity contribution in [3.63, 3.8) is 0 Å². The molecule has 0 N–H and O–H groups in total. The van der Waals surface area contributed by atoms with Gasteiger partial charge < -0.3 is 4.42 Å². The van der Waals surface area contributed by atoms with Gasteiger partial charge in [-0.3, -0.25) is 0 Å². The van der Waals surface area contributed by atoms with Gasteiger partial charge in [0.25, 0.3) is 0 Å². The third-order valence-electron chi connectivity index (χ3n) is 26.3. The lowest BCUT2D eigenvalue weighted by Crippen LogP contribution is -1.92. The summed E-state index contributed by atoms with van der Waals surface area (Å²) in [5, 5.41) is 33.1. The molecule has 0 aliphatic carbocycles. The van der Waals surface area contributed by atoms with Crippen LogP contribution in [0.25, 0.3) is 259 Å². The molecule has 0 fully saturated rings. The monoisotopic (exact) mass is 1640 g/mol. The fourth-order valence-electron chi connectivity index (χ4n) is 20.6. The van der Waals surface area contributed by atoms with Crippen molar-refractivity contribution in [3.05, 3.63) is 461 Å². The smallest absolute Gasteiger partial charge is 0.143 e. The van der Waals surface area contributed by atoms with Crippen molar-refractivity contribution < 1.29 is 4.42 Å². The number of fused-ring (bicyclic) bond motifs is 21. The van der Waals surface area contributed by atoms with Crippen LogP contribution in [0, 0.1) is 0 Å². The Balaban J connectivity index is 0.000000104. The van der Waals surface area contributed by atoms with Crippen LogP contribution in [0.1, 0.15) is 0 Å². The van der Waals surface area contributed by atoms with Crippen LogP contribution in [0.15, 0.2) is 465 Å². The first kappa shape index (κ1) is 73.8. The molecular formula is C124H76OS2. The zero-order chi connectivity index (χ0) is 83.6. The maximum Gasteiger partial charge on any atom is 0.143 e. The van der Waals surface area contributed by atoms with Crippen molar-refractivity contribution in [3.8, 4) is 89.0 Å². The Bertz CT molecular complexity index is 8990. The minimum atomic E-state index is 0.912. The van der Waals surface area contributed by atoms with Gasteiger partial charge in [0.15, 0.2) is 0 Å². The molecule has 0 atom stereocenters. The van der Waals surface area contributed by atoms with E-state index in [1.165, 1.54) is 226 Å². The van der Waals surface area contributed by atoms with E-state index in [4.69, 9.17) is 4.42 Å². The van der Waals surface area contributed by atoms with Crippen LogP contribution in [-0.4, -0.2) is 0 Å². The van der Waals surface area contributed by atoms with Gasteiger partial charge in [0, 0.05) is 56.5 Å². The van der Waals surface area contributed by atoms with Crippen LogP contribution in [0.4, 0.5) is 0 Å². The van der Waals surface area contributed by atoms with E-state index in [0.717, 1.165) is 32.9 Å². The Morgan fingerprint density at radius 2 is 0.457 bits per heavy atom. The summed E-state index contributed by atoms with van der Waals surface area (Å²) in [5.74, 6) is 0. The van der Waals surface area contributed by atoms with Crippen molar-refractivity contribution in [1.29, 1.82) is 0 Å². The summed E-state index contributed by atoms with van der Waals surface area (Å²) >= 11 is 3.78. The molecule has 0 radical (unpaired) electrons. The highest BCUT2D eigenvalue weighted by molar-refractivity contribution is 7.27. The number of hydrogen-bond acceptors (Lipinski definition) is 3. The van der Waals surface area contributed by atoms with Crippen molar-refractivity contribution in [2.45, 2.75) is 0 Å². The Kier molecular flexibility index (Phi) is 17.8. The molecule has 27 aromatic rings. The standard InChI is InChI=1S/C46H28O.C42H26S.C36H22S/c1-3-16-34-29(11-1)13-10-22-37(34)45-40-20-7-5-18-38(40)44(39-19-6-8-21-41(39)45)33-15-9-14-31(27-33)32-24-25-36-42-26-23-30-12-2-4-17-35(30)46(42)47-43(36)28-32;1-2-11-27(12-3-1)41-33-17-6-8-19-35(33)42(36-20-9-7-18-34(36)41)32-16-10-15-28(23-32)31-21-22-39-37(25-31)38-24-29-13-4-5-14-30(29)26-40(38)43-39;1-2-11-24(12-3-1)34-27-14-6-8-16-29(27)35(30-17-9-7-15-28(30)34)25-19-21-33-32(22-25)31-20-18-23-10-4-5-13-26(23)36(31)37-33/h1-28H;1-26H;1-22H. The van der Waals surface area contributed by atoms with E-state index in [1.54, 1.807) is 0 Å². The molecule has 3 heteroatoms. The van der Waals surface area contributed by atoms with Crippen molar-refractivity contribution >= 4 is 193 Å². The fraction of sp³-hybridized carbons (Fsp3) is 0. The highest BCUT2D eigenvalue weighted by Gasteiger charge is 2.24. The van der Waals surface area contributed by atoms with E-state index in [0.29, 0.717) is 0 Å². The van der Waals surface area contributed by atoms with Crippen molar-refractivity contribution in [2.24, 2.45) is 0 Å². The Hall–Kier alpha value is -15.9. The molecular weight excluding hydrogens is 1570 g/mol. The molecule has 590 valence electrons. The molecule has 0 aliphatic rings. The van der Waals surface area contributed by atoms with Gasteiger partial charge in [-0.25, -0.2) is 0 Å². The topological polar surface area (TPSA) is 13.1 Å². The summed E-state index contributed by atoms with van der Waals surface area (Å²) in [6.07, 6.45) is 0. The minimum absolute atomic E-state index is 0.912. The SMILES string of the molecule is c1cc(-c2ccc3c(c2)oc2c4ccccc4ccc32)cc(-c2c3ccccc3c(-c3cccc4ccccc34)c3ccccc23)c1.c1ccc(-c2c3ccccc3c(-c3ccc4sc5c6ccccc6ccc5c4c3)c3ccccc23)cc1.c1ccc(-c2c3ccccc3c(-c3cccc(-c4ccc5sc6cc7ccccc7cc6c5c4)c3)c3ccccc23)cc1. The molecule has 0 unspecified atom stereocenters. The van der Waals surface area contributed by atoms with E-state index in [2.05, 4.69) is 461 Å². The van der Waals surface area contributed by atoms with Gasteiger partial charge in [0.1, 0.15) is 11.2 Å². The zero-order valence-corrected chi connectivity index (χ0v) is 70.7. The highest BCUT2D eigenvalue weighted by Crippen LogP contribution is 2.51. The fourth-order valence-corrected chi connectivity index (χ4v) is 22.9. The van der Waals surface area contributed by atoms with Gasteiger partial charge in [-0.1, -0.05) is 394 Å². The third-order valence-corrected chi connectivity index (χ3v) is 28.7. The third kappa shape index (κ3) is 12.5. The van der Waals surface area contributed by atoms with Gasteiger partial charge in [0.2, 0.25) is 0 Å². The van der Waals surface area contributed by atoms with Gasteiger partial charge in [-0.2, -0.15) is 0 Å². The average Bonchev–Trinajstić information content (AvgIpc) is 1.68. The first-order valence-corrected chi connectivity index (χ1v) is 45.3. The van der Waals surface area contributed by atoms with Crippen LogP contribution < -0.4 is 0 Å². The summed E-state index contributed by atoms with van der Waals surface area (Å²) in [7, 11) is 0. The maximum atomic E-state index is 6.54. The number of rotatable bonds is 8. The van der Waals surface area contributed by atoms with Crippen LogP contribution in [0.5, 0.6) is 0 Å². The lowest BCUT2D eigenvalue weighted by atomic mass is 9.84. The van der Waals surface area contributed by atoms with Gasteiger partial charge in [-0.05, 0) is 258 Å². The van der Waals surface area contributed by atoms with E-state index in [9.17, 15) is 0 Å². The molecule has 127 heavy (non-hydrogen) atoms. The lowest BCUT2D eigenvalue weighted by Gasteiger charge is -2.19. The predicted octanol–water partition coefficient (Wildman–Crippen LogP) is 36.6. The molecule has 3 aromatic heterocycles. The molecule has 0 saturated carbocycles. The second-order valence-corrected chi connectivity index (χ2v) is 35.5. The van der Waals surface area contributed by atoms with Crippen molar-refractivity contribution in [2.75, 3.05) is 0 Å². The Morgan fingerprint density at radius 3 is 0.976 bits per heavy atom. The second kappa shape index (κ2) is 30.6. The lowest BCUT2D eigenvalue weighted by molar-refractivity contribution is 0.673. The first-order chi connectivity index (χ1) is 63.0. The molecule has 0 saturated heterocycles. The van der Waals surface area contributed by atoms with Crippen LogP contribution in [0.2, 0.25) is 0 Å². The molecule has 0 bridgehead atoms. The minimum Gasteiger partial charge on any atom is -0.455 e. The summed E-state index contributed by atoms with van der Waals surface area (Å²) < 4.78 is 11.9. The molecule has 24 aromatic carbocycles. The van der Waals surface area contributed by atoms with Crippen LogP contribution >= 0.6 is 22.7 Å². The molecule has 0 spiro atoms. The molecule has 0 aliphatic heterocycles. The largest absolute Gasteiger partial charge is 0.455 e. The number of benzene rings is 24. The molecule has 3 heterocycles. The molecule has 27 rings (SSSR count). The number of furan rings is 1. The maximum absolute atomic E-state index is 6.54. The molecule has 0 amide bonds. The number of thiophene rings is 2. The summed E-state index contributed by atoms with van der Waals surface area (Å²) in [5.41, 5.74) is 21.9. The molecule has 1 nitrogen and oxygen atoms in total. The van der Waals surface area contributed by atoms with Crippen LogP contribution in [-0.2, 0) is 0 Å². The van der Waals surface area contributed by atoms with Crippen molar-refractivity contribution in [1.82, 2.24) is 0 Å². The second-order valence-electron chi connectivity index (χ2n) is 33.4. The van der Waals surface area contributed by atoms with E-state index in [-0.39, 0.29) is 0 Å². The highest BCUT2D eigenvalue weighted by atomic mass is 32.1. The quantitative estimate of drug-likeness (QED) is 0.138. The van der Waals surface area contributed by atoms with Gasteiger partial charge in [0.05, 0.1) is 0 Å². The van der Waals surface area contributed by atoms with E-state index in [1.807, 2.05) is 22.7 Å². The van der Waals surface area contributed by atoms with Gasteiger partial charge in [-0.15, -0.1) is 22.7 Å². The van der Waals surface area contributed by atoms with Crippen LogP contribution in [0.3, 0.4) is 0 Å². The average molecular weight is 1650 g/mol. The van der Waals surface area contributed by atoms with E-state index >= 15 is 0 Å². The predicted molar refractivity (Wildman–Crippen MR) is 551 cm³/mol. The van der Waals surface area contributed by atoms with Gasteiger partial charge >= 0.3 is 0 Å². The Morgan fingerprint density at radius 1 is 0.142 bits per heavy atom. The first-order valence-electron chi connectivity index (χ1n) is 43.6. The number of hydrogen-bond donors (Lipinski definition) is 0. The Labute approximate surface area is 741 Å².